The molecule has 0 radical (unpaired) electrons. The predicted octanol–water partition coefficient (Wildman–Crippen LogP) is 0.205. The first-order valence-corrected chi connectivity index (χ1v) is 2.53. The Bertz CT molecular complexity index is 256. The number of nitrogens with two attached hydrogens (primary N) is 1. The first-order valence-electron chi connectivity index (χ1n) is 2.53. The third kappa shape index (κ3) is 1.04. The second kappa shape index (κ2) is 2.81. The summed E-state index contributed by atoms with van der Waals surface area (Å²) < 4.78 is 0. The molecule has 0 aromatic carbocycles. The molecule has 0 fully saturated rings. The summed E-state index contributed by atoms with van der Waals surface area (Å²) in [5, 5.41) is 12.7. The van der Waals surface area contributed by atoms with E-state index in [9.17, 15) is 0 Å². The van der Waals surface area contributed by atoms with Crippen LogP contribution in [-0.2, 0) is 6.54 Å². The smallest absolute Gasteiger partial charge is 0.173 e. The number of nitrogens with zero attached hydrogens (tertiary/aromatic N) is 5. The molecular formula is C3H5N7. The second-order valence-corrected chi connectivity index (χ2v) is 1.49. The number of aromatic amines is 1. The van der Waals surface area contributed by atoms with Crippen LogP contribution in [0.2, 0.25) is 0 Å². The molecule has 0 bridgehead atoms. The van der Waals surface area contributed by atoms with Gasteiger partial charge in [0.1, 0.15) is 5.69 Å². The number of azide groups is 1. The van der Waals surface area contributed by atoms with Gasteiger partial charge >= 0.3 is 0 Å². The van der Waals surface area contributed by atoms with Gasteiger partial charge in [0.25, 0.3) is 0 Å². The zero-order valence-electron chi connectivity index (χ0n) is 5.02. The van der Waals surface area contributed by atoms with Gasteiger partial charge in [-0.05, 0) is 10.6 Å². The normalized spacial score (nSPS) is 8.90. The number of hydrogen-bond acceptors (Lipinski definition) is 4. The van der Waals surface area contributed by atoms with E-state index in [0.717, 1.165) is 0 Å². The van der Waals surface area contributed by atoms with Gasteiger partial charge in [0, 0.05) is 11.5 Å². The standard InChI is InChI=1S/C3H5N7/c4-1-2-3(7-9-5)8-10-6-2/h1,4H2,(H,6,8,10). The molecule has 1 aromatic rings. The van der Waals surface area contributed by atoms with E-state index >= 15 is 0 Å². The minimum atomic E-state index is 0.213. The van der Waals surface area contributed by atoms with Crippen LogP contribution in [0.25, 0.3) is 10.4 Å². The Morgan fingerprint density at radius 2 is 2.50 bits per heavy atom. The molecule has 7 heteroatoms. The van der Waals surface area contributed by atoms with E-state index < -0.39 is 0 Å². The lowest BCUT2D eigenvalue weighted by molar-refractivity contribution is 0.898. The maximum Gasteiger partial charge on any atom is 0.173 e. The van der Waals surface area contributed by atoms with E-state index in [-0.39, 0.29) is 12.4 Å². The molecule has 7 nitrogen and oxygen atoms in total. The Morgan fingerprint density at radius 1 is 1.70 bits per heavy atom. The summed E-state index contributed by atoms with van der Waals surface area (Å²) >= 11 is 0. The maximum absolute atomic E-state index is 7.99. The molecule has 0 spiro atoms. The minimum Gasteiger partial charge on any atom is -0.325 e. The minimum absolute atomic E-state index is 0.213. The van der Waals surface area contributed by atoms with Crippen molar-refractivity contribution in [3.05, 3.63) is 16.1 Å². The van der Waals surface area contributed by atoms with E-state index in [1.165, 1.54) is 0 Å². The van der Waals surface area contributed by atoms with Crippen molar-refractivity contribution in [3.8, 4) is 0 Å². The maximum atomic E-state index is 7.99. The lowest BCUT2D eigenvalue weighted by Crippen LogP contribution is -1.96. The highest BCUT2D eigenvalue weighted by molar-refractivity contribution is 5.30. The van der Waals surface area contributed by atoms with Gasteiger partial charge in [-0.1, -0.05) is 0 Å². The third-order valence-electron chi connectivity index (χ3n) is 0.932. The summed E-state index contributed by atoms with van der Waals surface area (Å²) in [6, 6.07) is 0. The summed E-state index contributed by atoms with van der Waals surface area (Å²) in [6.07, 6.45) is 0. The van der Waals surface area contributed by atoms with Gasteiger partial charge in [-0.25, -0.2) is 0 Å². The van der Waals surface area contributed by atoms with E-state index in [1.807, 2.05) is 0 Å². The third-order valence-corrected chi connectivity index (χ3v) is 0.932. The molecule has 0 saturated carbocycles. The molecule has 3 N–H and O–H groups in total. The molecular weight excluding hydrogens is 134 g/mol. The Balaban J connectivity index is 3.00. The molecule has 10 heavy (non-hydrogen) atoms. The highest BCUT2D eigenvalue weighted by Gasteiger charge is 2.00. The topological polar surface area (TPSA) is 116 Å². The van der Waals surface area contributed by atoms with Crippen LogP contribution in [0, 0.1) is 0 Å². The number of H-pyrrole nitrogens is 1. The summed E-state index contributed by atoms with van der Waals surface area (Å²) in [5.41, 5.74) is 13.7. The lowest BCUT2D eigenvalue weighted by atomic mass is 10.4. The van der Waals surface area contributed by atoms with Crippen molar-refractivity contribution < 1.29 is 0 Å². The fourth-order valence-electron chi connectivity index (χ4n) is 0.507. The average Bonchev–Trinajstić information content (AvgIpc) is 2.36. The van der Waals surface area contributed by atoms with Gasteiger partial charge in [-0.15, -0.1) is 0 Å². The van der Waals surface area contributed by atoms with Crippen molar-refractivity contribution in [2.45, 2.75) is 6.54 Å². The van der Waals surface area contributed by atoms with Crippen LogP contribution in [0.15, 0.2) is 5.11 Å². The van der Waals surface area contributed by atoms with Crippen molar-refractivity contribution >= 4 is 5.82 Å². The Hall–Kier alpha value is -1.59. The molecule has 0 unspecified atom stereocenters. The Labute approximate surface area is 55.9 Å². The van der Waals surface area contributed by atoms with Crippen LogP contribution in [0.4, 0.5) is 5.82 Å². The van der Waals surface area contributed by atoms with Gasteiger partial charge in [0.2, 0.25) is 0 Å². The van der Waals surface area contributed by atoms with Crippen LogP contribution in [0.1, 0.15) is 5.69 Å². The molecule has 0 aliphatic heterocycles. The van der Waals surface area contributed by atoms with Gasteiger partial charge in [0.15, 0.2) is 5.82 Å². The molecule has 1 aromatic heterocycles. The van der Waals surface area contributed by atoms with Gasteiger partial charge in [0.05, 0.1) is 0 Å². The van der Waals surface area contributed by atoms with E-state index in [0.29, 0.717) is 5.69 Å². The zero-order chi connectivity index (χ0) is 7.40. The summed E-state index contributed by atoms with van der Waals surface area (Å²) in [6.45, 7) is 0.213. The summed E-state index contributed by atoms with van der Waals surface area (Å²) in [7, 11) is 0. The molecule has 0 aliphatic carbocycles. The number of hydrogen-bond donors (Lipinski definition) is 2. The van der Waals surface area contributed by atoms with Crippen molar-refractivity contribution in [1.29, 1.82) is 0 Å². The fraction of sp³-hybridized carbons (Fsp3) is 0.333. The Morgan fingerprint density at radius 3 is 3.10 bits per heavy atom. The zero-order valence-corrected chi connectivity index (χ0v) is 5.02. The number of aromatic nitrogens is 3. The first-order chi connectivity index (χ1) is 4.88. The SMILES string of the molecule is [N-]=[N+]=Nc1n[nH]nc1CN. The Kier molecular flexibility index (Phi) is 1.83. The van der Waals surface area contributed by atoms with Crippen molar-refractivity contribution in [3.63, 3.8) is 0 Å². The molecule has 0 aliphatic rings. The molecule has 52 valence electrons. The van der Waals surface area contributed by atoms with Gasteiger partial charge < -0.3 is 5.73 Å². The van der Waals surface area contributed by atoms with Crippen LogP contribution in [0.3, 0.4) is 0 Å². The molecule has 0 amide bonds. The molecule has 0 saturated heterocycles. The largest absolute Gasteiger partial charge is 0.325 e. The first kappa shape index (κ1) is 6.53. The quantitative estimate of drug-likeness (QED) is 0.346. The predicted molar refractivity (Wildman–Crippen MR) is 33.1 cm³/mol. The van der Waals surface area contributed by atoms with Crippen LogP contribution < -0.4 is 5.73 Å². The van der Waals surface area contributed by atoms with E-state index in [1.54, 1.807) is 0 Å². The van der Waals surface area contributed by atoms with Crippen molar-refractivity contribution in [2.75, 3.05) is 0 Å². The van der Waals surface area contributed by atoms with Crippen LogP contribution in [0.5, 0.6) is 0 Å². The molecule has 1 rings (SSSR count). The van der Waals surface area contributed by atoms with Crippen molar-refractivity contribution in [1.82, 2.24) is 15.4 Å². The monoisotopic (exact) mass is 139 g/mol. The highest BCUT2D eigenvalue weighted by Crippen LogP contribution is 2.09. The fourth-order valence-corrected chi connectivity index (χ4v) is 0.507. The van der Waals surface area contributed by atoms with E-state index in [2.05, 4.69) is 25.4 Å². The summed E-state index contributed by atoms with van der Waals surface area (Å²) in [4.78, 5) is 2.53. The summed E-state index contributed by atoms with van der Waals surface area (Å²) in [5.74, 6) is 0.213. The van der Waals surface area contributed by atoms with Crippen molar-refractivity contribution in [2.24, 2.45) is 10.8 Å². The van der Waals surface area contributed by atoms with Gasteiger partial charge in [-0.2, -0.15) is 15.4 Å². The molecule has 0 atom stereocenters. The van der Waals surface area contributed by atoms with Gasteiger partial charge in [-0.3, -0.25) is 0 Å². The molecule has 1 heterocycles. The second-order valence-electron chi connectivity index (χ2n) is 1.49. The number of nitrogens with one attached hydrogen (secondary N) is 1. The van der Waals surface area contributed by atoms with Crippen LogP contribution in [-0.4, -0.2) is 15.4 Å². The lowest BCUT2D eigenvalue weighted by Gasteiger charge is -1.83. The average molecular weight is 139 g/mol. The van der Waals surface area contributed by atoms with Crippen LogP contribution >= 0.6 is 0 Å². The highest BCUT2D eigenvalue weighted by atomic mass is 15.4. The van der Waals surface area contributed by atoms with E-state index in [4.69, 9.17) is 11.3 Å². The number of rotatable bonds is 2.